The van der Waals surface area contributed by atoms with Crippen molar-refractivity contribution in [2.75, 3.05) is 0 Å². The normalized spacial score (nSPS) is 15.0. The van der Waals surface area contributed by atoms with Crippen LogP contribution in [0.1, 0.15) is 26.3 Å². The quantitative estimate of drug-likeness (QED) is 0.386. The predicted molar refractivity (Wildman–Crippen MR) is 84.4 cm³/mol. The van der Waals surface area contributed by atoms with Crippen LogP contribution in [0.3, 0.4) is 0 Å². The average Bonchev–Trinajstić information content (AvgIpc) is 2.45. The highest BCUT2D eigenvalue weighted by atomic mass is 28.4. The molecule has 0 aliphatic carbocycles. The zero-order chi connectivity index (χ0) is 20.7. The summed E-state index contributed by atoms with van der Waals surface area (Å²) in [6.07, 6.45) is -6.35. The molecule has 10 heteroatoms. The molecule has 1 nitrogen and oxygen atoms in total. The van der Waals surface area contributed by atoms with Crippen molar-refractivity contribution in [3.63, 3.8) is 0 Å². The summed E-state index contributed by atoms with van der Waals surface area (Å²) in [6.45, 7) is 8.72. The molecule has 0 fully saturated rings. The Balaban J connectivity index is 3.55. The van der Waals surface area contributed by atoms with Gasteiger partial charge >= 0.3 is 12.1 Å². The van der Waals surface area contributed by atoms with Gasteiger partial charge in [0, 0.05) is 0 Å². The van der Waals surface area contributed by atoms with Gasteiger partial charge in [0.15, 0.2) is 5.83 Å². The Kier molecular flexibility index (Phi) is 5.93. The van der Waals surface area contributed by atoms with Gasteiger partial charge in [-0.25, -0.2) is 13.2 Å². The molecule has 0 radical (unpaired) electrons. The molecule has 0 aromatic heterocycles. The Morgan fingerprint density at radius 3 is 1.88 bits per heavy atom. The van der Waals surface area contributed by atoms with Crippen LogP contribution in [0.25, 0.3) is 5.83 Å². The molecule has 0 heterocycles. The lowest BCUT2D eigenvalue weighted by Gasteiger charge is -2.37. The second-order valence-corrected chi connectivity index (χ2v) is 11.9. The number of allylic oxidation sites excluding steroid dienone is 1. The van der Waals surface area contributed by atoms with Crippen molar-refractivity contribution >= 4 is 14.1 Å². The molecule has 0 amide bonds. The first-order valence-electron chi connectivity index (χ1n) is 7.41. The topological polar surface area (TPSA) is 9.23 Å². The minimum atomic E-state index is -6.35. The lowest BCUT2D eigenvalue weighted by atomic mass is 10.1. The van der Waals surface area contributed by atoms with Crippen LogP contribution in [0.2, 0.25) is 18.1 Å². The monoisotopic (exact) mass is 406 g/mol. The largest absolute Gasteiger partial charge is 0.543 e. The first-order chi connectivity index (χ1) is 11.4. The molecule has 1 aromatic carbocycles. The molecule has 0 saturated heterocycles. The van der Waals surface area contributed by atoms with E-state index in [0.717, 1.165) is 12.1 Å². The van der Waals surface area contributed by atoms with Gasteiger partial charge in [0.2, 0.25) is 5.83 Å². The van der Waals surface area contributed by atoms with Gasteiger partial charge in [0.25, 0.3) is 8.32 Å². The standard InChI is InChI=1S/C16H18F8OSi/c1-14(2,3)26(4,5)25-11-7-6-9(17)8-10(11)12(18)13(19)15(20,21)16(22,23)24/h6-8H,1-5H3/b13-12-. The fraction of sp³-hybridized carbons (Fsp3) is 0.500. The summed E-state index contributed by atoms with van der Waals surface area (Å²) in [7, 11) is -2.70. The second kappa shape index (κ2) is 6.86. The van der Waals surface area contributed by atoms with Crippen molar-refractivity contribution in [1.29, 1.82) is 0 Å². The molecule has 0 aliphatic rings. The summed E-state index contributed by atoms with van der Waals surface area (Å²) >= 11 is 0. The summed E-state index contributed by atoms with van der Waals surface area (Å²) in [5, 5.41) is -0.451. The lowest BCUT2D eigenvalue weighted by molar-refractivity contribution is -0.270. The minimum absolute atomic E-state index is 0.309. The summed E-state index contributed by atoms with van der Waals surface area (Å²) in [5.74, 6) is -13.6. The molecule has 0 N–H and O–H groups in total. The van der Waals surface area contributed by atoms with Crippen LogP contribution in [-0.4, -0.2) is 20.4 Å². The number of benzene rings is 1. The molecule has 0 saturated carbocycles. The van der Waals surface area contributed by atoms with Crippen molar-refractivity contribution < 1.29 is 39.5 Å². The van der Waals surface area contributed by atoms with Crippen LogP contribution in [0.5, 0.6) is 5.75 Å². The third kappa shape index (κ3) is 4.39. The van der Waals surface area contributed by atoms with Crippen LogP contribution in [0.15, 0.2) is 24.0 Å². The Bertz CT molecular complexity index is 701. The maximum absolute atomic E-state index is 14.2. The third-order valence-electron chi connectivity index (χ3n) is 4.17. The number of hydrogen-bond acceptors (Lipinski definition) is 1. The Labute approximate surface area is 146 Å². The van der Waals surface area contributed by atoms with Gasteiger partial charge in [-0.15, -0.1) is 0 Å². The number of hydrogen-bond donors (Lipinski definition) is 0. The molecular weight excluding hydrogens is 388 g/mol. The second-order valence-electron chi connectivity index (χ2n) is 7.20. The zero-order valence-electron chi connectivity index (χ0n) is 14.7. The Morgan fingerprint density at radius 1 is 0.962 bits per heavy atom. The van der Waals surface area contributed by atoms with Crippen LogP contribution in [-0.2, 0) is 0 Å². The summed E-state index contributed by atoms with van der Waals surface area (Å²) in [5.41, 5.74) is -1.14. The number of alkyl halides is 5. The molecular formula is C16H18F8OSi. The van der Waals surface area contributed by atoms with Gasteiger partial charge in [-0.1, -0.05) is 20.8 Å². The smallest absolute Gasteiger partial charge is 0.460 e. The van der Waals surface area contributed by atoms with Crippen LogP contribution in [0, 0.1) is 5.82 Å². The van der Waals surface area contributed by atoms with Crippen LogP contribution < -0.4 is 4.43 Å². The van der Waals surface area contributed by atoms with Crippen LogP contribution in [0.4, 0.5) is 35.1 Å². The molecule has 0 spiro atoms. The molecule has 0 unspecified atom stereocenters. The van der Waals surface area contributed by atoms with E-state index in [1.54, 1.807) is 33.9 Å². The van der Waals surface area contributed by atoms with E-state index in [2.05, 4.69) is 0 Å². The molecule has 148 valence electrons. The van der Waals surface area contributed by atoms with E-state index in [0.29, 0.717) is 6.07 Å². The minimum Gasteiger partial charge on any atom is -0.543 e. The van der Waals surface area contributed by atoms with Crippen molar-refractivity contribution in [2.45, 2.75) is 51.0 Å². The van der Waals surface area contributed by atoms with Gasteiger partial charge in [-0.3, -0.25) is 0 Å². The number of rotatable bonds is 4. The Hall–Kier alpha value is -1.58. The molecule has 0 aliphatic heterocycles. The van der Waals surface area contributed by atoms with E-state index in [1.165, 1.54) is 0 Å². The highest BCUT2D eigenvalue weighted by Crippen LogP contribution is 2.46. The average molecular weight is 406 g/mol. The maximum Gasteiger partial charge on any atom is 0.460 e. The van der Waals surface area contributed by atoms with E-state index in [9.17, 15) is 35.1 Å². The zero-order valence-corrected chi connectivity index (χ0v) is 15.7. The number of halogens is 8. The van der Waals surface area contributed by atoms with Gasteiger partial charge in [-0.2, -0.15) is 22.0 Å². The maximum atomic E-state index is 14.2. The van der Waals surface area contributed by atoms with Crippen molar-refractivity contribution in [3.8, 4) is 5.75 Å². The molecule has 1 rings (SSSR count). The van der Waals surface area contributed by atoms with Gasteiger partial charge in [0.1, 0.15) is 11.6 Å². The molecule has 1 aromatic rings. The summed E-state index contributed by atoms with van der Waals surface area (Å²) in [4.78, 5) is 0. The predicted octanol–water partition coefficient (Wildman–Crippen LogP) is 7.01. The van der Waals surface area contributed by atoms with Gasteiger partial charge in [0.05, 0.1) is 5.56 Å². The van der Waals surface area contributed by atoms with E-state index < -0.39 is 54.2 Å². The molecule has 26 heavy (non-hydrogen) atoms. The van der Waals surface area contributed by atoms with Gasteiger partial charge < -0.3 is 4.43 Å². The highest BCUT2D eigenvalue weighted by Gasteiger charge is 2.62. The first-order valence-corrected chi connectivity index (χ1v) is 10.3. The Morgan fingerprint density at radius 2 is 1.46 bits per heavy atom. The summed E-state index contributed by atoms with van der Waals surface area (Å²) in [6, 6.07) is 1.98. The van der Waals surface area contributed by atoms with Gasteiger partial charge in [-0.05, 0) is 36.3 Å². The van der Waals surface area contributed by atoms with Crippen molar-refractivity contribution in [2.24, 2.45) is 0 Å². The van der Waals surface area contributed by atoms with E-state index in [1.807, 2.05) is 0 Å². The van der Waals surface area contributed by atoms with E-state index >= 15 is 0 Å². The fourth-order valence-electron chi connectivity index (χ4n) is 1.57. The highest BCUT2D eigenvalue weighted by molar-refractivity contribution is 6.74. The first kappa shape index (κ1) is 22.5. The van der Waals surface area contributed by atoms with Crippen molar-refractivity contribution in [1.82, 2.24) is 0 Å². The van der Waals surface area contributed by atoms with Crippen molar-refractivity contribution in [3.05, 3.63) is 35.4 Å². The van der Waals surface area contributed by atoms with E-state index in [4.69, 9.17) is 4.43 Å². The fourth-order valence-corrected chi connectivity index (χ4v) is 2.61. The van der Waals surface area contributed by atoms with Crippen LogP contribution >= 0.6 is 0 Å². The molecule has 0 atom stereocenters. The third-order valence-corrected chi connectivity index (χ3v) is 8.52. The lowest BCUT2D eigenvalue weighted by Crippen LogP contribution is -2.44. The van der Waals surface area contributed by atoms with E-state index in [-0.39, 0.29) is 0 Å². The summed E-state index contributed by atoms with van der Waals surface area (Å²) < 4.78 is 110. The SMILES string of the molecule is CC(C)(C)[Si](C)(C)Oc1ccc(F)cc1/C(F)=C(/F)C(F)(F)C(F)(F)F. The molecule has 0 bridgehead atoms.